The molecule has 0 heterocycles. The lowest BCUT2D eigenvalue weighted by atomic mass is 9.94. The summed E-state index contributed by atoms with van der Waals surface area (Å²) in [4.78, 5) is 0. The van der Waals surface area contributed by atoms with Crippen LogP contribution in [0.3, 0.4) is 0 Å². The fourth-order valence-corrected chi connectivity index (χ4v) is 1.70. The Balaban J connectivity index is 0. The van der Waals surface area contributed by atoms with Crippen molar-refractivity contribution in [2.75, 3.05) is 0 Å². The first-order valence-corrected chi connectivity index (χ1v) is 8.42. The van der Waals surface area contributed by atoms with Crippen LogP contribution in [0, 0.1) is 0 Å². The minimum atomic E-state index is -8.43. The molecule has 0 aliphatic heterocycles. The van der Waals surface area contributed by atoms with Gasteiger partial charge in [-0.3, -0.25) is 0 Å². The van der Waals surface area contributed by atoms with Crippen LogP contribution in [0.5, 0.6) is 0 Å². The average Bonchev–Trinajstić information content (AvgIpc) is 2.69. The van der Waals surface area contributed by atoms with Gasteiger partial charge in [-0.05, 0) is 0 Å². The second kappa shape index (κ2) is 10.5. The van der Waals surface area contributed by atoms with E-state index in [1.807, 2.05) is 0 Å². The van der Waals surface area contributed by atoms with Crippen LogP contribution in [0.2, 0.25) is 0 Å². The van der Waals surface area contributed by atoms with E-state index in [9.17, 15) is 132 Å². The Labute approximate surface area is 211 Å². The van der Waals surface area contributed by atoms with Crippen molar-refractivity contribution in [2.45, 2.75) is 78.0 Å². The molecule has 0 bridgehead atoms. The number of halogens is 30. The van der Waals surface area contributed by atoms with Crippen molar-refractivity contribution >= 4 is 0 Å². The van der Waals surface area contributed by atoms with E-state index in [4.69, 9.17) is 0 Å². The molecule has 0 aromatic carbocycles. The van der Waals surface area contributed by atoms with Gasteiger partial charge in [0.25, 0.3) is 0 Å². The Bertz CT molecular complexity index is 869. The third kappa shape index (κ3) is 6.10. The highest BCUT2D eigenvalue weighted by Crippen LogP contribution is 2.63. The molecule has 0 aromatic rings. The van der Waals surface area contributed by atoms with Gasteiger partial charge >= 0.3 is 78.0 Å². The summed E-state index contributed by atoms with van der Waals surface area (Å²) in [6.07, 6.45) is -30.3. The first-order valence-electron chi connectivity index (χ1n) is 8.42. The normalized spacial score (nSPS) is 16.6. The Kier molecular flexibility index (Phi) is 10.5. The van der Waals surface area contributed by atoms with Crippen molar-refractivity contribution in [3.63, 3.8) is 0 Å². The standard InChI is InChI=1S/C7F16.C6F14/c8-1(9,2(10,11)4(14,15)6(18,19)20)3(12,13)5(16,17)7(21,22)23;7-1(8,3(11,12)5(15,16)17)2(9,10)4(13,14)6(18,19)20. The van der Waals surface area contributed by atoms with Gasteiger partial charge in [0.1, 0.15) is 0 Å². The Hall–Kier alpha value is -2.10. The molecular formula is C13F30. The molecule has 0 nitrogen and oxygen atoms in total. The molecule has 0 saturated heterocycles. The van der Waals surface area contributed by atoms with Crippen molar-refractivity contribution in [1.29, 1.82) is 0 Å². The zero-order valence-electron chi connectivity index (χ0n) is 17.8. The molecule has 0 radical (unpaired) electrons. The Morgan fingerprint density at radius 1 is 0.116 bits per heavy atom. The predicted octanol–water partition coefficient (Wildman–Crippen LogP) is 9.94. The molecule has 30 heteroatoms. The van der Waals surface area contributed by atoms with Crippen LogP contribution in [-0.4, -0.2) is 78.0 Å². The van der Waals surface area contributed by atoms with E-state index in [0.717, 1.165) is 0 Å². The second-order valence-electron chi connectivity index (χ2n) is 7.16. The van der Waals surface area contributed by atoms with Crippen LogP contribution < -0.4 is 0 Å². The first kappa shape index (κ1) is 43.0. The fourth-order valence-electron chi connectivity index (χ4n) is 1.70. The molecule has 0 aliphatic carbocycles. The minimum Gasteiger partial charge on any atom is -0.192 e. The highest BCUT2D eigenvalue weighted by atomic mass is 19.5. The van der Waals surface area contributed by atoms with Crippen LogP contribution >= 0.6 is 0 Å². The van der Waals surface area contributed by atoms with E-state index in [2.05, 4.69) is 0 Å². The molecule has 0 N–H and O–H groups in total. The Morgan fingerprint density at radius 2 is 0.186 bits per heavy atom. The zero-order valence-corrected chi connectivity index (χ0v) is 17.8. The predicted molar refractivity (Wildman–Crippen MR) is 68.7 cm³/mol. The molecule has 0 spiro atoms. The maximum atomic E-state index is 12.6. The lowest BCUT2D eigenvalue weighted by molar-refractivity contribution is -0.461. The quantitative estimate of drug-likeness (QED) is 0.229. The van der Waals surface area contributed by atoms with Crippen LogP contribution in [-0.2, 0) is 0 Å². The second-order valence-corrected chi connectivity index (χ2v) is 7.16. The van der Waals surface area contributed by atoms with Gasteiger partial charge in [0.05, 0.1) is 0 Å². The maximum Gasteiger partial charge on any atom is 0.460 e. The number of hydrogen-bond donors (Lipinski definition) is 0. The van der Waals surface area contributed by atoms with E-state index in [-0.39, 0.29) is 0 Å². The SMILES string of the molecule is FC(F)(F)C(F)(F)C(F)(F)C(F)(F)C(F)(F)C(F)(F)C(F)(F)F.FC(F)(F)C(F)(F)C(F)(F)C(F)(F)C(F)(F)C(F)(F)F. The van der Waals surface area contributed by atoms with Gasteiger partial charge in [-0.2, -0.15) is 132 Å². The summed E-state index contributed by atoms with van der Waals surface area (Å²) in [5.74, 6) is -72.9. The lowest BCUT2D eigenvalue weighted by Gasteiger charge is -2.39. The highest BCUT2D eigenvalue weighted by molar-refractivity contribution is 5.12. The Morgan fingerprint density at radius 3 is 0.256 bits per heavy atom. The highest BCUT2D eigenvalue weighted by Gasteiger charge is 2.94. The van der Waals surface area contributed by atoms with Crippen LogP contribution in [0.25, 0.3) is 0 Å². The largest absolute Gasteiger partial charge is 0.460 e. The summed E-state index contributed by atoms with van der Waals surface area (Å²) in [5.41, 5.74) is 0. The van der Waals surface area contributed by atoms with Crippen LogP contribution in [0.15, 0.2) is 0 Å². The molecule has 0 aromatic heterocycles. The van der Waals surface area contributed by atoms with Crippen LogP contribution in [0.1, 0.15) is 0 Å². The average molecular weight is 726 g/mol. The van der Waals surface area contributed by atoms with E-state index in [0.29, 0.717) is 0 Å². The maximum absolute atomic E-state index is 12.6. The first-order chi connectivity index (χ1) is 17.8. The van der Waals surface area contributed by atoms with E-state index in [1.54, 1.807) is 0 Å². The molecule has 0 aliphatic rings. The molecule has 0 fully saturated rings. The van der Waals surface area contributed by atoms with Crippen molar-refractivity contribution < 1.29 is 132 Å². The van der Waals surface area contributed by atoms with Gasteiger partial charge in [-0.1, -0.05) is 0 Å². The third-order valence-electron chi connectivity index (χ3n) is 4.18. The van der Waals surface area contributed by atoms with Crippen LogP contribution in [0.4, 0.5) is 132 Å². The topological polar surface area (TPSA) is 0 Å². The smallest absolute Gasteiger partial charge is 0.192 e. The molecule has 0 unspecified atom stereocenters. The van der Waals surface area contributed by atoms with Crippen molar-refractivity contribution in [1.82, 2.24) is 0 Å². The molecule has 0 rings (SSSR count). The minimum absolute atomic E-state index is 7.48. The van der Waals surface area contributed by atoms with Gasteiger partial charge in [0.2, 0.25) is 0 Å². The number of rotatable bonds is 7. The van der Waals surface area contributed by atoms with Gasteiger partial charge in [-0.25, -0.2) is 0 Å². The summed E-state index contributed by atoms with van der Waals surface area (Å²) < 4.78 is 359. The van der Waals surface area contributed by atoms with Gasteiger partial charge < -0.3 is 0 Å². The third-order valence-corrected chi connectivity index (χ3v) is 4.18. The number of alkyl halides is 30. The van der Waals surface area contributed by atoms with Gasteiger partial charge in [-0.15, -0.1) is 0 Å². The lowest BCUT2D eigenvalue weighted by Crippen LogP contribution is -2.72. The van der Waals surface area contributed by atoms with E-state index >= 15 is 0 Å². The van der Waals surface area contributed by atoms with Crippen molar-refractivity contribution in [3.05, 3.63) is 0 Å². The molecule has 43 heavy (non-hydrogen) atoms. The summed E-state index contributed by atoms with van der Waals surface area (Å²) in [6.45, 7) is 0. The summed E-state index contributed by atoms with van der Waals surface area (Å²) in [6, 6.07) is 0. The summed E-state index contributed by atoms with van der Waals surface area (Å²) in [7, 11) is 0. The molecule has 0 atom stereocenters. The number of hydrogen-bond acceptors (Lipinski definition) is 0. The molecule has 262 valence electrons. The fraction of sp³-hybridized carbons (Fsp3) is 1.00. The van der Waals surface area contributed by atoms with Gasteiger partial charge in [0, 0.05) is 0 Å². The molecular weight excluding hydrogens is 726 g/mol. The molecule has 0 saturated carbocycles. The molecule has 0 amide bonds. The summed E-state index contributed by atoms with van der Waals surface area (Å²) >= 11 is 0. The van der Waals surface area contributed by atoms with Gasteiger partial charge in [0.15, 0.2) is 0 Å². The van der Waals surface area contributed by atoms with Crippen molar-refractivity contribution in [3.8, 4) is 0 Å². The van der Waals surface area contributed by atoms with Crippen molar-refractivity contribution in [2.24, 2.45) is 0 Å². The van der Waals surface area contributed by atoms with E-state index < -0.39 is 78.0 Å². The van der Waals surface area contributed by atoms with E-state index in [1.165, 1.54) is 0 Å². The zero-order chi connectivity index (χ0) is 36.5. The summed E-state index contributed by atoms with van der Waals surface area (Å²) in [5, 5.41) is 0. The monoisotopic (exact) mass is 726 g/mol.